The van der Waals surface area contributed by atoms with Gasteiger partial charge in [-0.05, 0) is 29.8 Å². The van der Waals surface area contributed by atoms with Crippen molar-refractivity contribution in [3.63, 3.8) is 0 Å². The number of carbonyl (C=O) groups is 5. The van der Waals surface area contributed by atoms with Crippen molar-refractivity contribution < 1.29 is 38.4 Å². The predicted molar refractivity (Wildman–Crippen MR) is 118 cm³/mol. The minimum Gasteiger partial charge on any atom is -0.452 e. The standard InChI is InChI=1S/C23H17N5O8/c1-11(16-19(25-20(16)30)27-21(31)14-4-2-3-5-15(14)22(27)32)18(29)17(26-24)23(33)36-10-12-6-8-13(9-7-12)28(34)35/h2-9,11,16,19H,10H2,1H3,(H,25,30)/t11-,16+,19-/m1/s1. The van der Waals surface area contributed by atoms with Gasteiger partial charge in [-0.2, -0.15) is 4.79 Å². The molecule has 3 amide bonds. The van der Waals surface area contributed by atoms with Gasteiger partial charge in [-0.25, -0.2) is 4.79 Å². The van der Waals surface area contributed by atoms with Crippen LogP contribution in [0.15, 0.2) is 48.5 Å². The van der Waals surface area contributed by atoms with Crippen LogP contribution in [0.2, 0.25) is 0 Å². The summed E-state index contributed by atoms with van der Waals surface area (Å²) in [5, 5.41) is 13.2. The normalized spacial score (nSPS) is 18.9. The van der Waals surface area contributed by atoms with Crippen LogP contribution in [0.1, 0.15) is 33.2 Å². The number of ether oxygens (including phenoxy) is 1. The third-order valence-corrected chi connectivity index (χ3v) is 6.03. The number of ketones is 1. The lowest BCUT2D eigenvalue weighted by Gasteiger charge is -2.43. The van der Waals surface area contributed by atoms with E-state index in [1.165, 1.54) is 43.3 Å². The number of hydrogen-bond acceptors (Lipinski definition) is 8. The average Bonchev–Trinajstić information content (AvgIpc) is 3.11. The molecule has 13 nitrogen and oxygen atoms in total. The van der Waals surface area contributed by atoms with Gasteiger partial charge in [0.1, 0.15) is 12.8 Å². The van der Waals surface area contributed by atoms with Gasteiger partial charge in [-0.1, -0.05) is 19.1 Å². The summed E-state index contributed by atoms with van der Waals surface area (Å²) in [7, 11) is 0. The number of esters is 1. The van der Waals surface area contributed by atoms with Crippen LogP contribution < -0.4 is 5.32 Å². The van der Waals surface area contributed by atoms with Gasteiger partial charge in [0, 0.05) is 18.1 Å². The van der Waals surface area contributed by atoms with Gasteiger partial charge >= 0.3 is 11.7 Å². The van der Waals surface area contributed by atoms with Crippen molar-refractivity contribution in [2.24, 2.45) is 11.8 Å². The summed E-state index contributed by atoms with van der Waals surface area (Å²) >= 11 is 0. The number of Topliss-reactive ketones (excluding diaryl/α,β-unsaturated/α-hetero) is 1. The molecule has 1 saturated heterocycles. The molecule has 0 unspecified atom stereocenters. The molecule has 0 saturated carbocycles. The Bertz CT molecular complexity index is 1340. The number of nitrogens with zero attached hydrogens (tertiary/aromatic N) is 4. The van der Waals surface area contributed by atoms with Crippen LogP contribution in [-0.2, 0) is 25.7 Å². The Hall–Kier alpha value is -5.03. The largest absolute Gasteiger partial charge is 0.452 e. The molecule has 1 fully saturated rings. The molecule has 2 aromatic rings. The molecule has 36 heavy (non-hydrogen) atoms. The fourth-order valence-electron chi connectivity index (χ4n) is 4.07. The van der Waals surface area contributed by atoms with Crippen LogP contribution in [0.25, 0.3) is 5.53 Å². The minimum absolute atomic E-state index is 0.161. The van der Waals surface area contributed by atoms with E-state index in [9.17, 15) is 39.6 Å². The smallest absolute Gasteiger partial charge is 0.441 e. The molecular formula is C23H17N5O8. The first-order valence-electron chi connectivity index (χ1n) is 10.6. The average molecular weight is 491 g/mol. The van der Waals surface area contributed by atoms with E-state index in [1.54, 1.807) is 12.1 Å². The monoisotopic (exact) mass is 491 g/mol. The van der Waals surface area contributed by atoms with Gasteiger partial charge in [0.15, 0.2) is 0 Å². The second kappa shape index (κ2) is 9.31. The summed E-state index contributed by atoms with van der Waals surface area (Å²) in [4.78, 5) is 76.9. The maximum atomic E-state index is 12.9. The van der Waals surface area contributed by atoms with E-state index in [0.29, 0.717) is 5.56 Å². The van der Waals surface area contributed by atoms with E-state index in [-0.39, 0.29) is 23.4 Å². The topological polar surface area (TPSA) is 189 Å². The third kappa shape index (κ3) is 4.03. The SMILES string of the molecule is C[C@@H](C(=O)C(=[N+]=[N-])C(=O)OCc1ccc([N+](=O)[O-])cc1)[C@@H]1C(=O)N[C@@H]1N1C(=O)c2ccccc2C1=O. The fourth-order valence-corrected chi connectivity index (χ4v) is 4.07. The Morgan fingerprint density at radius 3 is 2.19 bits per heavy atom. The van der Waals surface area contributed by atoms with Crippen molar-refractivity contribution in [1.82, 2.24) is 10.2 Å². The lowest BCUT2D eigenvalue weighted by atomic mass is 9.80. The molecule has 2 aromatic carbocycles. The molecule has 4 rings (SSSR count). The number of hydrogen-bond donors (Lipinski definition) is 1. The number of nitro groups is 1. The Morgan fingerprint density at radius 2 is 1.69 bits per heavy atom. The van der Waals surface area contributed by atoms with Gasteiger partial charge in [0.25, 0.3) is 23.3 Å². The molecule has 0 radical (unpaired) electrons. The van der Waals surface area contributed by atoms with Crippen molar-refractivity contribution in [3.8, 4) is 0 Å². The summed E-state index contributed by atoms with van der Waals surface area (Å²) in [5.41, 5.74) is 8.84. The molecule has 0 bridgehead atoms. The lowest BCUT2D eigenvalue weighted by molar-refractivity contribution is -0.384. The first kappa shape index (κ1) is 24.1. The van der Waals surface area contributed by atoms with Gasteiger partial charge < -0.3 is 15.6 Å². The van der Waals surface area contributed by atoms with Crippen molar-refractivity contribution in [2.75, 3.05) is 0 Å². The summed E-state index contributed by atoms with van der Waals surface area (Å²) in [6, 6.07) is 11.2. The van der Waals surface area contributed by atoms with Gasteiger partial charge in [-0.15, -0.1) is 0 Å². The van der Waals surface area contributed by atoms with Gasteiger partial charge in [0.2, 0.25) is 5.91 Å². The number of imide groups is 1. The first-order valence-corrected chi connectivity index (χ1v) is 10.6. The highest BCUT2D eigenvalue weighted by molar-refractivity contribution is 6.62. The fraction of sp³-hybridized carbons (Fsp3) is 0.217. The van der Waals surface area contributed by atoms with Crippen molar-refractivity contribution in [3.05, 3.63) is 80.9 Å². The number of β-lactam (4-membered cyclic amide) rings is 1. The Kier molecular flexibility index (Phi) is 6.24. The minimum atomic E-state index is -1.29. The van der Waals surface area contributed by atoms with Crippen LogP contribution in [-0.4, -0.2) is 56.0 Å². The maximum absolute atomic E-state index is 12.9. The Morgan fingerprint density at radius 1 is 1.11 bits per heavy atom. The van der Waals surface area contributed by atoms with Crippen LogP contribution >= 0.6 is 0 Å². The zero-order valence-electron chi connectivity index (χ0n) is 18.6. The van der Waals surface area contributed by atoms with Crippen LogP contribution in [0, 0.1) is 22.0 Å². The summed E-state index contributed by atoms with van der Waals surface area (Å²) in [6.07, 6.45) is -1.14. The highest BCUT2D eigenvalue weighted by atomic mass is 16.6. The number of non-ortho nitro benzene ring substituents is 1. The molecule has 13 heteroatoms. The van der Waals surface area contributed by atoms with Crippen LogP contribution in [0.5, 0.6) is 0 Å². The molecule has 2 aliphatic heterocycles. The Labute approximate surface area is 202 Å². The van der Waals surface area contributed by atoms with E-state index in [0.717, 1.165) is 4.90 Å². The van der Waals surface area contributed by atoms with Crippen LogP contribution in [0.4, 0.5) is 5.69 Å². The maximum Gasteiger partial charge on any atom is 0.441 e. The number of rotatable bonds is 8. The van der Waals surface area contributed by atoms with Crippen LogP contribution in [0.3, 0.4) is 0 Å². The molecular weight excluding hydrogens is 474 g/mol. The summed E-state index contributed by atoms with van der Waals surface area (Å²) in [5.74, 6) is -6.68. The number of nitro benzene ring substituents is 1. The van der Waals surface area contributed by atoms with E-state index in [1.807, 2.05) is 0 Å². The summed E-state index contributed by atoms with van der Waals surface area (Å²) in [6.45, 7) is 0.921. The number of amides is 3. The van der Waals surface area contributed by atoms with E-state index in [4.69, 9.17) is 4.74 Å². The molecule has 2 heterocycles. The Balaban J connectivity index is 1.45. The third-order valence-electron chi connectivity index (χ3n) is 6.03. The number of carbonyl (C=O) groups excluding carboxylic acids is 5. The lowest BCUT2D eigenvalue weighted by Crippen LogP contribution is -2.69. The highest BCUT2D eigenvalue weighted by Gasteiger charge is 2.55. The molecule has 3 atom stereocenters. The van der Waals surface area contributed by atoms with Crippen molar-refractivity contribution in [2.45, 2.75) is 19.7 Å². The van der Waals surface area contributed by atoms with Gasteiger partial charge in [0.05, 0.1) is 22.0 Å². The van der Waals surface area contributed by atoms with E-state index in [2.05, 4.69) is 10.1 Å². The molecule has 0 spiro atoms. The van der Waals surface area contributed by atoms with Gasteiger partial charge in [-0.3, -0.25) is 34.2 Å². The quantitative estimate of drug-likeness (QED) is 0.0648. The highest BCUT2D eigenvalue weighted by Crippen LogP contribution is 2.33. The zero-order valence-corrected chi connectivity index (χ0v) is 18.6. The molecule has 0 aliphatic carbocycles. The zero-order chi connectivity index (χ0) is 26.1. The summed E-state index contributed by atoms with van der Waals surface area (Å²) < 4.78 is 4.97. The molecule has 0 aromatic heterocycles. The second-order valence-corrected chi connectivity index (χ2v) is 8.11. The molecule has 2 aliphatic rings. The second-order valence-electron chi connectivity index (χ2n) is 8.11. The molecule has 1 N–H and O–H groups in total. The first-order chi connectivity index (χ1) is 17.1. The van der Waals surface area contributed by atoms with E-state index >= 15 is 0 Å². The number of benzene rings is 2. The number of fused-ring (bicyclic) bond motifs is 1. The predicted octanol–water partition coefficient (Wildman–Crippen LogP) is 0.882. The van der Waals surface area contributed by atoms with E-state index < -0.39 is 58.1 Å². The van der Waals surface area contributed by atoms with Crippen molar-refractivity contribution >= 4 is 40.9 Å². The van der Waals surface area contributed by atoms with Crippen molar-refractivity contribution in [1.29, 1.82) is 0 Å². The number of nitrogens with one attached hydrogen (secondary N) is 1. The molecule has 182 valence electrons.